The fourth-order valence-corrected chi connectivity index (χ4v) is 4.83. The van der Waals surface area contributed by atoms with Crippen molar-refractivity contribution in [1.82, 2.24) is 34.1 Å². The minimum atomic E-state index is -0.232. The summed E-state index contributed by atoms with van der Waals surface area (Å²) in [5, 5.41) is 12.3. The van der Waals surface area contributed by atoms with Crippen LogP contribution >= 0.6 is 11.8 Å². The van der Waals surface area contributed by atoms with E-state index < -0.39 is 0 Å². The average Bonchev–Trinajstić information content (AvgIpc) is 3.44. The number of ketones is 1. The molecule has 1 aromatic carbocycles. The number of para-hydroxylation sites is 1. The number of Topliss-reactive ketones (excluding diaryl/α,β-unsaturated/α-hetero) is 1. The molecule has 0 aliphatic heterocycles. The van der Waals surface area contributed by atoms with Gasteiger partial charge in [0.05, 0.1) is 17.1 Å². The van der Waals surface area contributed by atoms with E-state index in [1.165, 1.54) is 16.4 Å². The van der Waals surface area contributed by atoms with Crippen LogP contribution in [0.5, 0.6) is 0 Å². The summed E-state index contributed by atoms with van der Waals surface area (Å²) in [5.74, 6) is 0.187. The normalized spacial score (nSPS) is 11.3. The molecule has 0 radical (unpaired) electrons. The van der Waals surface area contributed by atoms with Crippen molar-refractivity contribution in [2.45, 2.75) is 45.8 Å². The van der Waals surface area contributed by atoms with Gasteiger partial charge in [-0.1, -0.05) is 36.9 Å². The average molecular weight is 466 g/mol. The molecule has 172 valence electrons. The largest absolute Gasteiger partial charge is 0.348 e. The summed E-state index contributed by atoms with van der Waals surface area (Å²) in [7, 11) is 1.82. The lowest BCUT2D eigenvalue weighted by molar-refractivity contribution is 0.102. The topological polar surface area (TPSA) is 92.5 Å². The van der Waals surface area contributed by atoms with Crippen LogP contribution in [0, 0.1) is 20.8 Å². The lowest BCUT2D eigenvalue weighted by Gasteiger charge is -2.07. The van der Waals surface area contributed by atoms with Gasteiger partial charge in [-0.3, -0.25) is 14.3 Å². The third-order valence-electron chi connectivity index (χ3n) is 5.83. The number of nitrogens with zero attached hydrogens (tertiary/aromatic N) is 7. The second-order valence-electron chi connectivity index (χ2n) is 7.93. The summed E-state index contributed by atoms with van der Waals surface area (Å²) in [6, 6.07) is 11.3. The molecule has 0 aliphatic rings. The van der Waals surface area contributed by atoms with Gasteiger partial charge < -0.3 is 4.57 Å². The van der Waals surface area contributed by atoms with Gasteiger partial charge in [0.2, 0.25) is 5.16 Å². The zero-order valence-corrected chi connectivity index (χ0v) is 20.3. The Labute approximate surface area is 196 Å². The van der Waals surface area contributed by atoms with Gasteiger partial charge in [-0.25, -0.2) is 4.68 Å². The van der Waals surface area contributed by atoms with Crippen LogP contribution in [-0.2, 0) is 13.6 Å². The Morgan fingerprint density at radius 1 is 1.09 bits per heavy atom. The van der Waals surface area contributed by atoms with Crippen LogP contribution in [-0.4, -0.2) is 45.7 Å². The minimum absolute atomic E-state index is 0.0106. The molecule has 0 bridgehead atoms. The highest BCUT2D eigenvalue weighted by atomic mass is 32.2. The number of carbonyl (C=O) groups excluding carboxylic acids is 1. The summed E-state index contributed by atoms with van der Waals surface area (Å²) < 4.78 is 6.95. The molecule has 0 N–H and O–H groups in total. The highest BCUT2D eigenvalue weighted by Gasteiger charge is 2.23. The van der Waals surface area contributed by atoms with E-state index in [0.717, 1.165) is 35.6 Å². The van der Waals surface area contributed by atoms with Crippen LogP contribution in [0.4, 0.5) is 0 Å². The van der Waals surface area contributed by atoms with Crippen molar-refractivity contribution in [3.8, 4) is 11.4 Å². The van der Waals surface area contributed by atoms with Crippen molar-refractivity contribution in [3.05, 3.63) is 69.4 Å². The Balaban J connectivity index is 1.62. The lowest BCUT2D eigenvalue weighted by Crippen LogP contribution is -2.22. The molecule has 0 unspecified atom stereocenters. The summed E-state index contributed by atoms with van der Waals surface area (Å²) in [4.78, 5) is 26.3. The van der Waals surface area contributed by atoms with Gasteiger partial charge in [0, 0.05) is 30.5 Å². The van der Waals surface area contributed by atoms with E-state index >= 15 is 0 Å². The van der Waals surface area contributed by atoms with E-state index in [1.807, 2.05) is 64.2 Å². The van der Waals surface area contributed by atoms with E-state index in [4.69, 9.17) is 0 Å². The number of carbonyl (C=O) groups is 1. The number of aryl methyl sites for hydroxylation is 1. The minimum Gasteiger partial charge on any atom is -0.348 e. The molecule has 0 spiro atoms. The molecule has 0 fully saturated rings. The molecule has 9 nitrogen and oxygen atoms in total. The summed E-state index contributed by atoms with van der Waals surface area (Å²) in [6.45, 7) is 8.85. The number of thioether (sulfide) groups is 1. The van der Waals surface area contributed by atoms with Crippen molar-refractivity contribution in [3.63, 3.8) is 0 Å². The van der Waals surface area contributed by atoms with Crippen LogP contribution in [0.25, 0.3) is 11.4 Å². The molecule has 4 rings (SSSR count). The van der Waals surface area contributed by atoms with E-state index in [9.17, 15) is 9.59 Å². The van der Waals surface area contributed by atoms with Crippen LogP contribution in [0.2, 0.25) is 0 Å². The Morgan fingerprint density at radius 3 is 2.52 bits per heavy atom. The number of benzene rings is 1. The number of hydrogen-bond donors (Lipinski definition) is 0. The zero-order chi connectivity index (χ0) is 23.7. The SMILES string of the molecule is CCCn1c(C)cc(C(=O)CSc2nnnn2-c2c(C)n(C)n(-c3ccccc3)c2=O)c1C. The van der Waals surface area contributed by atoms with Gasteiger partial charge in [0.15, 0.2) is 11.5 Å². The maximum atomic E-state index is 13.3. The molecule has 33 heavy (non-hydrogen) atoms. The standard InChI is InChI=1S/C23H27N7O2S/c1-6-12-28-15(2)13-19(16(28)3)20(31)14-33-23-24-25-26-29(23)21-17(4)27(5)30(22(21)32)18-10-8-7-9-11-18/h7-11,13H,6,12,14H2,1-5H3. The van der Waals surface area contributed by atoms with E-state index in [1.54, 1.807) is 9.36 Å². The van der Waals surface area contributed by atoms with E-state index in [2.05, 4.69) is 27.0 Å². The molecule has 0 saturated heterocycles. The summed E-state index contributed by atoms with van der Waals surface area (Å²) in [6.07, 6.45) is 1.00. The second kappa shape index (κ2) is 9.22. The van der Waals surface area contributed by atoms with Crippen molar-refractivity contribution >= 4 is 17.5 Å². The molecule has 3 heterocycles. The van der Waals surface area contributed by atoms with Crippen molar-refractivity contribution < 1.29 is 4.79 Å². The first-order valence-electron chi connectivity index (χ1n) is 10.8. The Morgan fingerprint density at radius 2 is 1.82 bits per heavy atom. The quantitative estimate of drug-likeness (QED) is 0.293. The monoisotopic (exact) mass is 465 g/mol. The molecule has 3 aromatic heterocycles. The first-order chi connectivity index (χ1) is 15.8. The molecule has 0 saturated carbocycles. The predicted octanol–water partition coefficient (Wildman–Crippen LogP) is 3.26. The van der Waals surface area contributed by atoms with Crippen molar-refractivity contribution in [2.24, 2.45) is 7.05 Å². The fraction of sp³-hybridized carbons (Fsp3) is 0.348. The maximum absolute atomic E-state index is 13.3. The first kappa shape index (κ1) is 22.8. The highest BCUT2D eigenvalue weighted by molar-refractivity contribution is 7.99. The molecular weight excluding hydrogens is 438 g/mol. The van der Waals surface area contributed by atoms with Gasteiger partial charge in [0.1, 0.15) is 0 Å². The molecule has 0 amide bonds. The molecule has 0 aliphatic carbocycles. The Kier molecular flexibility index (Phi) is 6.37. The van der Waals surface area contributed by atoms with Crippen LogP contribution in [0.1, 0.15) is 40.8 Å². The van der Waals surface area contributed by atoms with Crippen LogP contribution < -0.4 is 5.56 Å². The Bertz CT molecular complexity index is 1360. The van der Waals surface area contributed by atoms with Crippen molar-refractivity contribution in [2.75, 3.05) is 5.75 Å². The smallest absolute Gasteiger partial charge is 0.297 e. The molecule has 10 heteroatoms. The highest BCUT2D eigenvalue weighted by Crippen LogP contribution is 2.23. The first-order valence-corrected chi connectivity index (χ1v) is 11.8. The third-order valence-corrected chi connectivity index (χ3v) is 6.75. The van der Waals surface area contributed by atoms with Crippen LogP contribution in [0.15, 0.2) is 46.3 Å². The lowest BCUT2D eigenvalue weighted by atomic mass is 10.2. The van der Waals surface area contributed by atoms with E-state index in [-0.39, 0.29) is 17.1 Å². The van der Waals surface area contributed by atoms with Gasteiger partial charge in [-0.05, 0) is 55.8 Å². The summed E-state index contributed by atoms with van der Waals surface area (Å²) >= 11 is 1.23. The second-order valence-corrected chi connectivity index (χ2v) is 8.87. The predicted molar refractivity (Wildman–Crippen MR) is 128 cm³/mol. The number of tetrazole rings is 1. The molecular formula is C23H27N7O2S. The number of aromatic nitrogens is 7. The van der Waals surface area contributed by atoms with Gasteiger partial charge in [0.25, 0.3) is 5.56 Å². The van der Waals surface area contributed by atoms with E-state index in [0.29, 0.717) is 16.5 Å². The number of hydrogen-bond acceptors (Lipinski definition) is 6. The fourth-order valence-electron chi connectivity index (χ4n) is 4.07. The zero-order valence-electron chi connectivity index (χ0n) is 19.4. The third kappa shape index (κ3) is 4.06. The molecule has 4 aromatic rings. The van der Waals surface area contributed by atoms with Gasteiger partial charge >= 0.3 is 0 Å². The summed E-state index contributed by atoms with van der Waals surface area (Å²) in [5.41, 5.74) is 4.37. The van der Waals surface area contributed by atoms with Crippen LogP contribution in [0.3, 0.4) is 0 Å². The van der Waals surface area contributed by atoms with Gasteiger partial charge in [-0.15, -0.1) is 5.10 Å². The maximum Gasteiger partial charge on any atom is 0.297 e. The number of rotatable bonds is 8. The van der Waals surface area contributed by atoms with Gasteiger partial charge in [-0.2, -0.15) is 4.68 Å². The Hall–Kier alpha value is -3.40. The molecule has 0 atom stereocenters. The van der Waals surface area contributed by atoms with Crippen molar-refractivity contribution in [1.29, 1.82) is 0 Å².